The molecule has 0 aliphatic heterocycles. The maximum absolute atomic E-state index is 11.6. The Labute approximate surface area is 299 Å². The summed E-state index contributed by atoms with van der Waals surface area (Å²) in [6.07, 6.45) is 2.70. The largest absolute Gasteiger partial charge is 0.507 e. The Morgan fingerprint density at radius 1 is 0.667 bits per heavy atom. The molecule has 0 saturated heterocycles. The van der Waals surface area contributed by atoms with Crippen molar-refractivity contribution in [1.82, 2.24) is 9.97 Å². The molecule has 4 aromatic carbocycles. The number of benzene rings is 4. The zero-order chi connectivity index (χ0) is 33.2. The second kappa shape index (κ2) is 14.3. The van der Waals surface area contributed by atoms with Crippen molar-refractivity contribution in [3.63, 3.8) is 0 Å². The van der Waals surface area contributed by atoms with Gasteiger partial charge in [0.2, 0.25) is 0 Å². The van der Waals surface area contributed by atoms with E-state index in [0.717, 1.165) is 57.3 Å². The van der Waals surface area contributed by atoms with Crippen LogP contribution in [0.2, 0.25) is 0 Å². The van der Waals surface area contributed by atoms with Crippen molar-refractivity contribution in [3.8, 4) is 28.3 Å². The van der Waals surface area contributed by atoms with Gasteiger partial charge in [-0.3, -0.25) is 4.98 Å². The fourth-order valence-corrected chi connectivity index (χ4v) is 5.80. The number of aromatic nitrogens is 2. The van der Waals surface area contributed by atoms with Crippen LogP contribution >= 0.6 is 0 Å². The number of rotatable bonds is 7. The Bertz CT molecular complexity index is 1990. The van der Waals surface area contributed by atoms with E-state index in [1.54, 1.807) is 0 Å². The minimum absolute atomic E-state index is 0. The first-order valence-corrected chi connectivity index (χ1v) is 16.2. The van der Waals surface area contributed by atoms with E-state index in [1.165, 1.54) is 11.1 Å². The Hall–Kier alpha value is -4.53. The number of pyridine rings is 2. The predicted molar refractivity (Wildman–Crippen MR) is 195 cm³/mol. The van der Waals surface area contributed by atoms with E-state index >= 15 is 0 Å². The van der Waals surface area contributed by atoms with Gasteiger partial charge in [-0.2, -0.15) is 0 Å². The molecule has 0 bridgehead atoms. The summed E-state index contributed by atoms with van der Waals surface area (Å²) in [5.41, 5.74) is 9.15. The molecule has 0 amide bonds. The Kier molecular flexibility index (Phi) is 10.4. The van der Waals surface area contributed by atoms with Crippen LogP contribution in [0.4, 0.5) is 17.2 Å². The number of phenols is 1. The van der Waals surface area contributed by atoms with E-state index < -0.39 is 0 Å². The quantitative estimate of drug-likeness (QED) is 0.163. The molecule has 246 valence electrons. The van der Waals surface area contributed by atoms with Gasteiger partial charge in [0, 0.05) is 44.1 Å². The zero-order valence-electron chi connectivity index (χ0n) is 28.4. The third kappa shape index (κ3) is 7.77. The SMILES string of the molecule is CC(C)(C)c1cc(-c2cccc(-c3[c-]c(N(c4ccccc4)c4cc(Cc5ccccc5)ccn4)ccc3)n2)c(O)c(C(C)(C)C)c1.[Pt]. The van der Waals surface area contributed by atoms with Crippen molar-refractivity contribution in [1.29, 1.82) is 0 Å². The third-order valence-corrected chi connectivity index (χ3v) is 8.41. The summed E-state index contributed by atoms with van der Waals surface area (Å²) in [5, 5.41) is 11.6. The van der Waals surface area contributed by atoms with E-state index in [4.69, 9.17) is 9.97 Å². The van der Waals surface area contributed by atoms with Crippen LogP contribution in [-0.4, -0.2) is 15.1 Å². The van der Waals surface area contributed by atoms with Crippen LogP contribution in [0.25, 0.3) is 22.5 Å². The molecule has 2 heterocycles. The van der Waals surface area contributed by atoms with Gasteiger partial charge >= 0.3 is 0 Å². The smallest absolute Gasteiger partial charge is 0.136 e. The standard InChI is InChI=1S/C43H42N3O.Pt/c1-42(2,3)33-28-36(41(47)37(29-33)43(4,5)6)39-22-14-21-38(45-39)32-17-13-20-35(27-32)46(34-18-11-8-12-19-34)40-26-31(23-24-44-40)25-30-15-9-7-10-16-30;/h7-24,26,28-29,47H,25H2,1-6H3;/q-1;. The Balaban J connectivity index is 0.00000451. The molecule has 0 unspecified atom stereocenters. The normalized spacial score (nSPS) is 11.5. The first-order chi connectivity index (χ1) is 22.5. The Morgan fingerprint density at radius 2 is 1.33 bits per heavy atom. The molecule has 0 spiro atoms. The second-order valence-corrected chi connectivity index (χ2v) is 14.1. The summed E-state index contributed by atoms with van der Waals surface area (Å²) in [4.78, 5) is 12.1. The second-order valence-electron chi connectivity index (χ2n) is 14.1. The average molecular weight is 812 g/mol. The number of hydrogen-bond acceptors (Lipinski definition) is 4. The van der Waals surface area contributed by atoms with Crippen LogP contribution in [0.15, 0.2) is 128 Å². The summed E-state index contributed by atoms with van der Waals surface area (Å²) in [5.74, 6) is 1.10. The van der Waals surface area contributed by atoms with Crippen LogP contribution in [-0.2, 0) is 38.3 Å². The van der Waals surface area contributed by atoms with Crippen LogP contribution in [0.1, 0.15) is 63.8 Å². The van der Waals surface area contributed by atoms with Crippen molar-refractivity contribution in [2.24, 2.45) is 0 Å². The number of anilines is 3. The molecule has 48 heavy (non-hydrogen) atoms. The van der Waals surface area contributed by atoms with Crippen molar-refractivity contribution >= 4 is 17.2 Å². The number of phenolic OH excluding ortho intramolecular Hbond substituents is 1. The zero-order valence-corrected chi connectivity index (χ0v) is 30.7. The third-order valence-electron chi connectivity index (χ3n) is 8.41. The first-order valence-electron chi connectivity index (χ1n) is 16.2. The minimum Gasteiger partial charge on any atom is -0.507 e. The van der Waals surface area contributed by atoms with Crippen LogP contribution in [0, 0.1) is 6.07 Å². The molecule has 1 N–H and O–H groups in total. The fourth-order valence-electron chi connectivity index (χ4n) is 5.80. The van der Waals surface area contributed by atoms with Crippen molar-refractivity contribution in [2.75, 3.05) is 4.90 Å². The van der Waals surface area contributed by atoms with E-state index in [1.807, 2.05) is 60.8 Å². The molecule has 0 atom stereocenters. The summed E-state index contributed by atoms with van der Waals surface area (Å²) in [6.45, 7) is 13.0. The average Bonchev–Trinajstić information content (AvgIpc) is 3.05. The van der Waals surface area contributed by atoms with E-state index in [2.05, 4.69) is 119 Å². The summed E-state index contributed by atoms with van der Waals surface area (Å²) < 4.78 is 0. The monoisotopic (exact) mass is 811 g/mol. The van der Waals surface area contributed by atoms with Crippen molar-refractivity contribution in [2.45, 2.75) is 58.8 Å². The van der Waals surface area contributed by atoms with Gasteiger partial charge in [-0.15, -0.1) is 29.8 Å². The molecule has 2 aromatic heterocycles. The van der Waals surface area contributed by atoms with Crippen molar-refractivity contribution in [3.05, 3.63) is 156 Å². The van der Waals surface area contributed by atoms with Gasteiger partial charge in [0.05, 0.1) is 5.69 Å². The molecular formula is C43H42N3OPt-. The molecular weight excluding hydrogens is 770 g/mol. The van der Waals surface area contributed by atoms with Gasteiger partial charge in [-0.05, 0) is 81.7 Å². The molecule has 6 rings (SSSR count). The maximum Gasteiger partial charge on any atom is 0.136 e. The van der Waals surface area contributed by atoms with E-state index in [9.17, 15) is 5.11 Å². The molecule has 0 saturated carbocycles. The number of hydrogen-bond donors (Lipinski definition) is 1. The van der Waals surface area contributed by atoms with Gasteiger partial charge in [0.15, 0.2) is 0 Å². The number of para-hydroxylation sites is 1. The summed E-state index contributed by atoms with van der Waals surface area (Å²) in [6, 6.07) is 45.0. The van der Waals surface area contributed by atoms with Crippen LogP contribution in [0.3, 0.4) is 0 Å². The fraction of sp³-hybridized carbons (Fsp3) is 0.209. The first kappa shape index (κ1) is 34.8. The van der Waals surface area contributed by atoms with E-state index in [-0.39, 0.29) is 37.6 Å². The van der Waals surface area contributed by atoms with Crippen LogP contribution in [0.5, 0.6) is 5.75 Å². The van der Waals surface area contributed by atoms with Crippen LogP contribution < -0.4 is 4.90 Å². The van der Waals surface area contributed by atoms with Gasteiger partial charge in [-0.1, -0.05) is 108 Å². The number of aromatic hydroxyl groups is 1. The van der Waals surface area contributed by atoms with Gasteiger partial charge in [0.25, 0.3) is 0 Å². The van der Waals surface area contributed by atoms with Gasteiger partial charge in [0.1, 0.15) is 11.6 Å². The van der Waals surface area contributed by atoms with E-state index in [0.29, 0.717) is 0 Å². The Morgan fingerprint density at radius 3 is 2.02 bits per heavy atom. The van der Waals surface area contributed by atoms with Gasteiger partial charge in [-0.25, -0.2) is 4.98 Å². The molecule has 5 heteroatoms. The molecule has 0 fully saturated rings. The topological polar surface area (TPSA) is 49.2 Å². The summed E-state index contributed by atoms with van der Waals surface area (Å²) >= 11 is 0. The number of nitrogens with zero attached hydrogens (tertiary/aromatic N) is 3. The molecule has 4 nitrogen and oxygen atoms in total. The minimum atomic E-state index is -0.229. The van der Waals surface area contributed by atoms with Gasteiger partial charge < -0.3 is 10.0 Å². The molecule has 0 aliphatic carbocycles. The molecule has 0 aliphatic rings. The maximum atomic E-state index is 11.6. The molecule has 0 radical (unpaired) electrons. The van der Waals surface area contributed by atoms with Crippen molar-refractivity contribution < 1.29 is 26.2 Å². The summed E-state index contributed by atoms with van der Waals surface area (Å²) in [7, 11) is 0. The molecule has 6 aromatic rings. The predicted octanol–water partition coefficient (Wildman–Crippen LogP) is 11.0.